The second-order valence-electron chi connectivity index (χ2n) is 5.06. The molecule has 0 bridgehead atoms. The van der Waals surface area contributed by atoms with Gasteiger partial charge in [-0.1, -0.05) is 47.5 Å². The lowest BCUT2D eigenvalue weighted by Crippen LogP contribution is -2.18. The number of aryl methyl sites for hydroxylation is 1. The maximum Gasteiger partial charge on any atom is 0.276 e. The number of sulfonamides is 1. The Hall–Kier alpha value is -2.31. The van der Waals surface area contributed by atoms with Gasteiger partial charge in [0.25, 0.3) is 10.0 Å². The number of hydrazone groups is 1. The van der Waals surface area contributed by atoms with Crippen LogP contribution in [0.4, 0.5) is 0 Å². The highest BCUT2D eigenvalue weighted by molar-refractivity contribution is 7.89. The summed E-state index contributed by atoms with van der Waals surface area (Å²) in [6, 6.07) is 14.1. The molecule has 2 N–H and O–H groups in total. The molecule has 118 valence electrons. The van der Waals surface area contributed by atoms with Crippen LogP contribution in [0.5, 0.6) is 0 Å². The van der Waals surface area contributed by atoms with E-state index in [1.165, 1.54) is 18.3 Å². The Morgan fingerprint density at radius 1 is 1.13 bits per heavy atom. The third kappa shape index (κ3) is 3.23. The molecule has 23 heavy (non-hydrogen) atoms. The number of aromatic nitrogens is 1. The lowest BCUT2D eigenvalue weighted by molar-refractivity contribution is 0.584. The van der Waals surface area contributed by atoms with E-state index in [2.05, 4.69) is 14.9 Å². The number of aromatic amines is 1. The number of para-hydroxylation sites is 1. The highest BCUT2D eigenvalue weighted by atomic mass is 35.5. The van der Waals surface area contributed by atoms with Gasteiger partial charge in [-0.15, -0.1) is 0 Å². The smallest absolute Gasteiger partial charge is 0.276 e. The molecule has 1 aromatic heterocycles. The molecule has 3 rings (SSSR count). The van der Waals surface area contributed by atoms with Crippen LogP contribution in [0.15, 0.2) is 58.5 Å². The van der Waals surface area contributed by atoms with Crippen molar-refractivity contribution in [3.8, 4) is 0 Å². The van der Waals surface area contributed by atoms with Gasteiger partial charge in [-0.3, -0.25) is 0 Å². The first-order valence-corrected chi connectivity index (χ1v) is 8.71. The molecule has 0 fully saturated rings. The van der Waals surface area contributed by atoms with Crippen molar-refractivity contribution in [1.29, 1.82) is 0 Å². The van der Waals surface area contributed by atoms with Gasteiger partial charge in [0.15, 0.2) is 0 Å². The number of rotatable bonds is 4. The zero-order valence-corrected chi connectivity index (χ0v) is 13.8. The van der Waals surface area contributed by atoms with Crippen LogP contribution in [0.1, 0.15) is 11.1 Å². The minimum absolute atomic E-state index is 0.158. The molecule has 1 heterocycles. The summed E-state index contributed by atoms with van der Waals surface area (Å²) in [5.41, 5.74) is 2.48. The fourth-order valence-corrected chi connectivity index (χ4v) is 3.23. The summed E-state index contributed by atoms with van der Waals surface area (Å²) in [5, 5.41) is 5.11. The highest BCUT2D eigenvalue weighted by Gasteiger charge is 2.12. The summed E-state index contributed by atoms with van der Waals surface area (Å²) in [6.07, 6.45) is 1.40. The summed E-state index contributed by atoms with van der Waals surface area (Å²) in [6.45, 7) is 1.89. The molecule has 0 spiro atoms. The molecule has 7 heteroatoms. The Morgan fingerprint density at radius 2 is 1.83 bits per heavy atom. The minimum Gasteiger partial charge on any atom is -0.345 e. The summed E-state index contributed by atoms with van der Waals surface area (Å²) in [5.74, 6) is 0. The maximum absolute atomic E-state index is 12.2. The van der Waals surface area contributed by atoms with Gasteiger partial charge in [0.2, 0.25) is 0 Å². The third-order valence-corrected chi connectivity index (χ3v) is 4.93. The van der Waals surface area contributed by atoms with Crippen LogP contribution in [0.3, 0.4) is 0 Å². The Kier molecular flexibility index (Phi) is 4.11. The van der Waals surface area contributed by atoms with Gasteiger partial charge < -0.3 is 4.98 Å². The summed E-state index contributed by atoms with van der Waals surface area (Å²) in [4.78, 5) is 5.36. The second kappa shape index (κ2) is 6.06. The van der Waals surface area contributed by atoms with E-state index in [-0.39, 0.29) is 4.90 Å². The van der Waals surface area contributed by atoms with E-state index in [0.29, 0.717) is 10.7 Å². The lowest BCUT2D eigenvalue weighted by Gasteiger charge is -2.03. The zero-order chi connectivity index (χ0) is 16.4. The number of fused-ring (bicyclic) bond motifs is 1. The topological polar surface area (TPSA) is 74.3 Å². The van der Waals surface area contributed by atoms with Crippen LogP contribution in [-0.4, -0.2) is 19.6 Å². The van der Waals surface area contributed by atoms with Crippen molar-refractivity contribution >= 4 is 38.7 Å². The van der Waals surface area contributed by atoms with Crippen LogP contribution < -0.4 is 4.83 Å². The van der Waals surface area contributed by atoms with E-state index in [1.54, 1.807) is 12.1 Å². The van der Waals surface area contributed by atoms with E-state index < -0.39 is 10.0 Å². The van der Waals surface area contributed by atoms with Crippen molar-refractivity contribution in [3.05, 3.63) is 64.8 Å². The normalized spacial score (nSPS) is 12.1. The van der Waals surface area contributed by atoms with E-state index >= 15 is 0 Å². The Labute approximate surface area is 139 Å². The molecule has 0 radical (unpaired) electrons. The number of hydrogen-bond acceptors (Lipinski definition) is 3. The molecule has 0 unspecified atom stereocenters. The number of nitrogens with zero attached hydrogens (tertiary/aromatic N) is 1. The van der Waals surface area contributed by atoms with Crippen molar-refractivity contribution < 1.29 is 8.42 Å². The molecule has 3 aromatic rings. The van der Waals surface area contributed by atoms with Crippen LogP contribution >= 0.6 is 11.6 Å². The highest BCUT2D eigenvalue weighted by Crippen LogP contribution is 2.24. The largest absolute Gasteiger partial charge is 0.345 e. The molecule has 5 nitrogen and oxygen atoms in total. The summed E-state index contributed by atoms with van der Waals surface area (Å²) in [7, 11) is -3.70. The first-order valence-electron chi connectivity index (χ1n) is 6.85. The number of halogens is 1. The Morgan fingerprint density at radius 3 is 2.57 bits per heavy atom. The van der Waals surface area contributed by atoms with Crippen LogP contribution in [0, 0.1) is 6.92 Å². The fourth-order valence-electron chi connectivity index (χ4n) is 2.19. The van der Waals surface area contributed by atoms with Crippen molar-refractivity contribution in [2.24, 2.45) is 5.10 Å². The van der Waals surface area contributed by atoms with Gasteiger partial charge in [-0.2, -0.15) is 13.5 Å². The number of benzene rings is 2. The molecular formula is C16H14ClN3O2S. The molecule has 0 aliphatic heterocycles. The average Bonchev–Trinajstić information content (AvgIpc) is 2.84. The zero-order valence-electron chi connectivity index (χ0n) is 12.2. The van der Waals surface area contributed by atoms with Gasteiger partial charge in [-0.05, 0) is 25.1 Å². The van der Waals surface area contributed by atoms with E-state index in [4.69, 9.17) is 11.6 Å². The fraction of sp³-hybridized carbons (Fsp3) is 0.0625. The van der Waals surface area contributed by atoms with Crippen molar-refractivity contribution in [3.63, 3.8) is 0 Å². The third-order valence-electron chi connectivity index (χ3n) is 3.40. The minimum atomic E-state index is -3.70. The van der Waals surface area contributed by atoms with Crippen molar-refractivity contribution in [2.45, 2.75) is 11.8 Å². The molecule has 0 amide bonds. The van der Waals surface area contributed by atoms with E-state index in [0.717, 1.165) is 16.5 Å². The van der Waals surface area contributed by atoms with Crippen LogP contribution in [-0.2, 0) is 10.0 Å². The van der Waals surface area contributed by atoms with Gasteiger partial charge in [0, 0.05) is 16.5 Å². The lowest BCUT2D eigenvalue weighted by atomic mass is 10.2. The molecule has 0 aliphatic rings. The molecule has 0 saturated carbocycles. The second-order valence-corrected chi connectivity index (χ2v) is 7.10. The molecule has 0 aliphatic carbocycles. The average molecular weight is 348 g/mol. The van der Waals surface area contributed by atoms with Gasteiger partial charge in [0.1, 0.15) is 5.15 Å². The molecule has 0 saturated heterocycles. The van der Waals surface area contributed by atoms with Crippen LogP contribution in [0.2, 0.25) is 5.15 Å². The first kappa shape index (κ1) is 15.6. The first-order chi connectivity index (χ1) is 11.0. The van der Waals surface area contributed by atoms with Crippen LogP contribution in [0.25, 0.3) is 10.9 Å². The monoisotopic (exact) mass is 347 g/mol. The molecular weight excluding hydrogens is 334 g/mol. The van der Waals surface area contributed by atoms with Crippen molar-refractivity contribution in [2.75, 3.05) is 0 Å². The Balaban J connectivity index is 1.85. The maximum atomic E-state index is 12.2. The molecule has 0 atom stereocenters. The van der Waals surface area contributed by atoms with E-state index in [9.17, 15) is 8.42 Å². The SMILES string of the molecule is Cc1ccc(S(=O)(=O)NN=Cc2c(Cl)[nH]c3ccccc23)cc1. The number of H-pyrrole nitrogens is 1. The standard InChI is InChI=1S/C16H14ClN3O2S/c1-11-6-8-12(9-7-11)23(21,22)20-18-10-14-13-4-2-3-5-15(13)19-16(14)17/h2-10,19-20H,1H3. The molecule has 2 aromatic carbocycles. The summed E-state index contributed by atoms with van der Waals surface area (Å²) < 4.78 is 24.3. The van der Waals surface area contributed by atoms with Gasteiger partial charge in [-0.25, -0.2) is 4.83 Å². The predicted molar refractivity (Wildman–Crippen MR) is 92.4 cm³/mol. The summed E-state index contributed by atoms with van der Waals surface area (Å²) >= 11 is 6.13. The quantitative estimate of drug-likeness (QED) is 0.560. The van der Waals surface area contributed by atoms with E-state index in [1.807, 2.05) is 31.2 Å². The van der Waals surface area contributed by atoms with Gasteiger partial charge >= 0.3 is 0 Å². The number of nitrogens with one attached hydrogen (secondary N) is 2. The van der Waals surface area contributed by atoms with Gasteiger partial charge in [0.05, 0.1) is 11.1 Å². The van der Waals surface area contributed by atoms with Crippen molar-refractivity contribution in [1.82, 2.24) is 9.82 Å². The predicted octanol–water partition coefficient (Wildman–Crippen LogP) is 3.44. The Bertz CT molecular complexity index is 976. The number of hydrogen-bond donors (Lipinski definition) is 2.